The predicted octanol–water partition coefficient (Wildman–Crippen LogP) is 3.20. The average Bonchev–Trinajstić information content (AvgIpc) is 2.61. The smallest absolute Gasteiger partial charge is 0.0641 e. The van der Waals surface area contributed by atoms with Gasteiger partial charge in [0.25, 0.3) is 0 Å². The number of hydrogen-bond acceptors (Lipinski definition) is 2. The second-order valence-corrected chi connectivity index (χ2v) is 5.29. The van der Waals surface area contributed by atoms with Crippen LogP contribution in [0.4, 0.5) is 0 Å². The van der Waals surface area contributed by atoms with E-state index in [-0.39, 0.29) is 0 Å². The highest BCUT2D eigenvalue weighted by molar-refractivity contribution is 5.26. The molecule has 0 spiro atoms. The van der Waals surface area contributed by atoms with Crippen molar-refractivity contribution in [1.82, 2.24) is 15.1 Å². The maximum Gasteiger partial charge on any atom is 0.0641 e. The number of nitrogens with zero attached hydrogens (tertiary/aromatic N) is 2. The molecule has 19 heavy (non-hydrogen) atoms. The van der Waals surface area contributed by atoms with E-state index in [0.29, 0.717) is 6.04 Å². The topological polar surface area (TPSA) is 29.9 Å². The van der Waals surface area contributed by atoms with Crippen LogP contribution < -0.4 is 5.32 Å². The van der Waals surface area contributed by atoms with Gasteiger partial charge in [0.15, 0.2) is 0 Å². The van der Waals surface area contributed by atoms with E-state index in [4.69, 9.17) is 0 Å². The van der Waals surface area contributed by atoms with Crippen LogP contribution in [0.5, 0.6) is 0 Å². The summed E-state index contributed by atoms with van der Waals surface area (Å²) in [7, 11) is 2.00. The van der Waals surface area contributed by atoms with Crippen molar-refractivity contribution >= 4 is 0 Å². The molecule has 0 aliphatic rings. The summed E-state index contributed by atoms with van der Waals surface area (Å²) in [6.45, 7) is 9.39. The van der Waals surface area contributed by atoms with Gasteiger partial charge in [-0.05, 0) is 33.3 Å². The summed E-state index contributed by atoms with van der Waals surface area (Å²) in [6, 6.07) is 9.00. The molecule has 2 rings (SSSR count). The van der Waals surface area contributed by atoms with Crippen molar-refractivity contribution in [2.24, 2.45) is 7.05 Å². The fourth-order valence-corrected chi connectivity index (χ4v) is 2.39. The van der Waals surface area contributed by atoms with E-state index in [1.807, 2.05) is 11.7 Å². The van der Waals surface area contributed by atoms with Crippen molar-refractivity contribution in [3.05, 3.63) is 52.3 Å². The molecule has 0 bridgehead atoms. The number of benzene rings is 1. The highest BCUT2D eigenvalue weighted by Crippen LogP contribution is 2.17. The van der Waals surface area contributed by atoms with Crippen LogP contribution in [-0.2, 0) is 13.6 Å². The Balaban J connectivity index is 2.06. The number of aryl methyl sites for hydroxylation is 3. The van der Waals surface area contributed by atoms with Crippen molar-refractivity contribution in [3.8, 4) is 0 Å². The molecule has 3 nitrogen and oxygen atoms in total. The molecule has 1 atom stereocenters. The van der Waals surface area contributed by atoms with E-state index in [1.165, 1.54) is 22.4 Å². The Morgan fingerprint density at radius 3 is 2.58 bits per heavy atom. The summed E-state index contributed by atoms with van der Waals surface area (Å²) in [4.78, 5) is 0. The quantitative estimate of drug-likeness (QED) is 0.911. The lowest BCUT2D eigenvalue weighted by Crippen LogP contribution is -2.19. The van der Waals surface area contributed by atoms with E-state index in [2.05, 4.69) is 62.4 Å². The van der Waals surface area contributed by atoms with E-state index in [0.717, 1.165) is 12.2 Å². The summed E-state index contributed by atoms with van der Waals surface area (Å²) in [5.41, 5.74) is 6.30. The van der Waals surface area contributed by atoms with Crippen molar-refractivity contribution < 1.29 is 0 Å². The first-order valence-corrected chi connectivity index (χ1v) is 6.78. The minimum atomic E-state index is 0.346. The standard InChI is InChI=1S/C16H23N3/c1-11-7-6-8-15(9-11)12(2)17-10-16-13(3)18-19(5)14(16)4/h6-9,12,17H,10H2,1-5H3/t12-/m0/s1. The molecular weight excluding hydrogens is 234 g/mol. The second-order valence-electron chi connectivity index (χ2n) is 5.29. The molecule has 0 aliphatic heterocycles. The summed E-state index contributed by atoms with van der Waals surface area (Å²) in [5, 5.41) is 8.04. The van der Waals surface area contributed by atoms with Gasteiger partial charge < -0.3 is 5.32 Å². The third-order valence-electron chi connectivity index (χ3n) is 3.79. The molecule has 0 radical (unpaired) electrons. The first-order chi connectivity index (χ1) is 8.99. The third-order valence-corrected chi connectivity index (χ3v) is 3.79. The van der Waals surface area contributed by atoms with E-state index in [9.17, 15) is 0 Å². The molecule has 1 aromatic carbocycles. The van der Waals surface area contributed by atoms with Gasteiger partial charge in [-0.3, -0.25) is 4.68 Å². The molecule has 0 amide bonds. The van der Waals surface area contributed by atoms with Crippen LogP contribution in [0.3, 0.4) is 0 Å². The Morgan fingerprint density at radius 1 is 1.26 bits per heavy atom. The molecule has 1 N–H and O–H groups in total. The van der Waals surface area contributed by atoms with Gasteiger partial charge >= 0.3 is 0 Å². The molecule has 0 saturated carbocycles. The number of nitrogens with one attached hydrogen (secondary N) is 1. The highest BCUT2D eigenvalue weighted by atomic mass is 15.3. The molecule has 3 heteroatoms. The maximum absolute atomic E-state index is 4.45. The van der Waals surface area contributed by atoms with Gasteiger partial charge in [-0.15, -0.1) is 0 Å². The van der Waals surface area contributed by atoms with Gasteiger partial charge in [0.1, 0.15) is 0 Å². The Kier molecular flexibility index (Phi) is 4.05. The Bertz CT molecular complexity index is 569. The Morgan fingerprint density at radius 2 is 2.00 bits per heavy atom. The van der Waals surface area contributed by atoms with Crippen LogP contribution in [-0.4, -0.2) is 9.78 Å². The van der Waals surface area contributed by atoms with Crippen molar-refractivity contribution in [1.29, 1.82) is 0 Å². The lowest BCUT2D eigenvalue weighted by molar-refractivity contribution is 0.571. The minimum Gasteiger partial charge on any atom is -0.306 e. The molecule has 1 aromatic heterocycles. The molecule has 0 saturated heterocycles. The van der Waals surface area contributed by atoms with Crippen LogP contribution in [0, 0.1) is 20.8 Å². The van der Waals surface area contributed by atoms with E-state index < -0.39 is 0 Å². The van der Waals surface area contributed by atoms with Crippen LogP contribution >= 0.6 is 0 Å². The Labute approximate surface area is 115 Å². The molecular formula is C16H23N3. The largest absolute Gasteiger partial charge is 0.306 e. The zero-order chi connectivity index (χ0) is 14.0. The Hall–Kier alpha value is -1.61. The van der Waals surface area contributed by atoms with Crippen LogP contribution in [0.1, 0.15) is 41.0 Å². The zero-order valence-electron chi connectivity index (χ0n) is 12.5. The summed E-state index contributed by atoms with van der Waals surface area (Å²) >= 11 is 0. The van der Waals surface area contributed by atoms with Gasteiger partial charge in [0.05, 0.1) is 5.69 Å². The number of aromatic nitrogens is 2. The van der Waals surface area contributed by atoms with Gasteiger partial charge in [-0.25, -0.2) is 0 Å². The summed E-state index contributed by atoms with van der Waals surface area (Å²) in [5.74, 6) is 0. The second kappa shape index (κ2) is 5.57. The molecule has 2 aromatic rings. The zero-order valence-corrected chi connectivity index (χ0v) is 12.5. The van der Waals surface area contributed by atoms with Crippen molar-refractivity contribution in [2.45, 2.75) is 40.3 Å². The molecule has 0 fully saturated rings. The lowest BCUT2D eigenvalue weighted by Gasteiger charge is -2.15. The highest BCUT2D eigenvalue weighted by Gasteiger charge is 2.11. The number of hydrogen-bond donors (Lipinski definition) is 1. The van der Waals surface area contributed by atoms with Crippen LogP contribution in [0.2, 0.25) is 0 Å². The van der Waals surface area contributed by atoms with Crippen LogP contribution in [0.15, 0.2) is 24.3 Å². The summed E-state index contributed by atoms with van der Waals surface area (Å²) in [6.07, 6.45) is 0. The van der Waals surface area contributed by atoms with Crippen molar-refractivity contribution in [3.63, 3.8) is 0 Å². The van der Waals surface area contributed by atoms with Crippen molar-refractivity contribution in [2.75, 3.05) is 0 Å². The monoisotopic (exact) mass is 257 g/mol. The van der Waals surface area contributed by atoms with E-state index in [1.54, 1.807) is 0 Å². The molecule has 0 aliphatic carbocycles. The third kappa shape index (κ3) is 3.04. The normalized spacial score (nSPS) is 12.7. The lowest BCUT2D eigenvalue weighted by atomic mass is 10.1. The SMILES string of the molecule is Cc1cccc([C@H](C)NCc2c(C)nn(C)c2C)c1. The van der Waals surface area contributed by atoms with Gasteiger partial charge in [0.2, 0.25) is 0 Å². The fraction of sp³-hybridized carbons (Fsp3) is 0.438. The fourth-order valence-electron chi connectivity index (χ4n) is 2.39. The first-order valence-electron chi connectivity index (χ1n) is 6.78. The van der Waals surface area contributed by atoms with Gasteiger partial charge in [-0.2, -0.15) is 5.10 Å². The molecule has 1 heterocycles. The average molecular weight is 257 g/mol. The minimum absolute atomic E-state index is 0.346. The van der Waals surface area contributed by atoms with E-state index >= 15 is 0 Å². The first kappa shape index (κ1) is 13.8. The summed E-state index contributed by atoms with van der Waals surface area (Å²) < 4.78 is 1.95. The molecule has 0 unspecified atom stereocenters. The predicted molar refractivity (Wildman–Crippen MR) is 79.1 cm³/mol. The van der Waals surface area contributed by atoms with Gasteiger partial charge in [-0.1, -0.05) is 29.8 Å². The molecule has 102 valence electrons. The van der Waals surface area contributed by atoms with Crippen LogP contribution in [0.25, 0.3) is 0 Å². The maximum atomic E-state index is 4.45. The number of rotatable bonds is 4. The van der Waals surface area contributed by atoms with Gasteiger partial charge in [0, 0.05) is 30.9 Å².